The molecule has 0 amide bonds. The maximum atomic E-state index is 12.9. The third-order valence-electron chi connectivity index (χ3n) is 3.70. The molecule has 3 aromatic heterocycles. The largest absolute Gasteiger partial charge is 0.364 e. The van der Waals surface area contributed by atoms with Gasteiger partial charge in [0.1, 0.15) is 23.6 Å². The van der Waals surface area contributed by atoms with Crippen molar-refractivity contribution in [3.05, 3.63) is 77.8 Å². The Kier molecular flexibility index (Phi) is 4.38. The lowest BCUT2D eigenvalue weighted by atomic mass is 10.1. The summed E-state index contributed by atoms with van der Waals surface area (Å²) in [6, 6.07) is 11.6. The molecule has 0 fully saturated rings. The third-order valence-corrected chi connectivity index (χ3v) is 3.70. The molecule has 0 saturated carbocycles. The minimum absolute atomic E-state index is 0.272. The molecule has 0 aliphatic carbocycles. The van der Waals surface area contributed by atoms with Gasteiger partial charge in [-0.25, -0.2) is 9.37 Å². The fourth-order valence-electron chi connectivity index (χ4n) is 2.36. The number of nitrogens with zero attached hydrogens (tertiary/aromatic N) is 4. The summed E-state index contributed by atoms with van der Waals surface area (Å²) in [6.45, 7) is 0.519. The second-order valence-electron chi connectivity index (χ2n) is 5.60. The van der Waals surface area contributed by atoms with Gasteiger partial charge in [0.15, 0.2) is 5.82 Å². The molecule has 26 heavy (non-hydrogen) atoms. The number of hydrogen-bond acceptors (Lipinski definition) is 7. The Labute approximate surface area is 147 Å². The minimum Gasteiger partial charge on any atom is -0.364 e. The summed E-state index contributed by atoms with van der Waals surface area (Å²) in [5, 5.41) is 10.9. The van der Waals surface area contributed by atoms with Crippen molar-refractivity contribution >= 4 is 5.82 Å². The van der Waals surface area contributed by atoms with Crippen LogP contribution < -0.4 is 5.32 Å². The average Bonchev–Trinajstić information content (AvgIpc) is 3.34. The van der Waals surface area contributed by atoms with Crippen molar-refractivity contribution in [3.63, 3.8) is 0 Å². The zero-order valence-corrected chi connectivity index (χ0v) is 13.6. The van der Waals surface area contributed by atoms with E-state index in [2.05, 4.69) is 25.6 Å². The molecule has 0 aliphatic rings. The number of rotatable bonds is 6. The van der Waals surface area contributed by atoms with E-state index in [1.54, 1.807) is 24.4 Å². The normalized spacial score (nSPS) is 10.8. The number of halogens is 1. The van der Waals surface area contributed by atoms with Gasteiger partial charge in [0, 0.05) is 18.7 Å². The quantitative estimate of drug-likeness (QED) is 0.569. The number of nitrogens with one attached hydrogen (secondary N) is 1. The van der Waals surface area contributed by atoms with Crippen molar-refractivity contribution < 1.29 is 13.4 Å². The molecular weight excluding hydrogens is 337 g/mol. The molecule has 7 nitrogen and oxygen atoms in total. The van der Waals surface area contributed by atoms with Crippen molar-refractivity contribution in [2.24, 2.45) is 0 Å². The minimum atomic E-state index is -0.272. The maximum absolute atomic E-state index is 12.9. The highest BCUT2D eigenvalue weighted by Gasteiger charge is 2.10. The van der Waals surface area contributed by atoms with Crippen LogP contribution in [0.25, 0.3) is 11.5 Å². The Hall–Kier alpha value is -3.55. The fourth-order valence-corrected chi connectivity index (χ4v) is 2.36. The molecule has 0 radical (unpaired) electrons. The summed E-state index contributed by atoms with van der Waals surface area (Å²) in [4.78, 5) is 8.68. The molecule has 4 aromatic rings. The molecule has 0 saturated heterocycles. The molecule has 0 bridgehead atoms. The second kappa shape index (κ2) is 7.14. The monoisotopic (exact) mass is 351 g/mol. The van der Waals surface area contributed by atoms with Gasteiger partial charge in [-0.1, -0.05) is 22.4 Å². The average molecular weight is 351 g/mol. The van der Waals surface area contributed by atoms with Gasteiger partial charge in [0.25, 0.3) is 5.89 Å². The zero-order chi connectivity index (χ0) is 17.8. The Morgan fingerprint density at radius 3 is 2.62 bits per heavy atom. The molecule has 130 valence electrons. The molecule has 1 N–H and O–H groups in total. The first-order valence-corrected chi connectivity index (χ1v) is 7.93. The van der Waals surface area contributed by atoms with Crippen LogP contribution in [0.2, 0.25) is 0 Å². The number of anilines is 1. The van der Waals surface area contributed by atoms with Crippen LogP contribution in [0.15, 0.2) is 64.0 Å². The van der Waals surface area contributed by atoms with E-state index in [9.17, 15) is 4.39 Å². The molecule has 1 aromatic carbocycles. The van der Waals surface area contributed by atoms with Gasteiger partial charge in [0.2, 0.25) is 0 Å². The molecule has 0 atom stereocenters. The van der Waals surface area contributed by atoms with Gasteiger partial charge >= 0.3 is 0 Å². The summed E-state index contributed by atoms with van der Waals surface area (Å²) in [6.07, 6.45) is 3.64. The Morgan fingerprint density at radius 1 is 1.00 bits per heavy atom. The van der Waals surface area contributed by atoms with Crippen LogP contribution in [-0.2, 0) is 13.0 Å². The molecule has 0 unspecified atom stereocenters. The molecule has 0 aliphatic heterocycles. The predicted octanol–water partition coefficient (Wildman–Crippen LogP) is 3.46. The van der Waals surface area contributed by atoms with Crippen molar-refractivity contribution in [3.8, 4) is 11.5 Å². The van der Waals surface area contributed by atoms with Crippen molar-refractivity contribution in [1.82, 2.24) is 20.3 Å². The molecule has 0 spiro atoms. The van der Waals surface area contributed by atoms with Crippen LogP contribution in [-0.4, -0.2) is 20.3 Å². The van der Waals surface area contributed by atoms with Crippen LogP contribution >= 0.6 is 0 Å². The van der Waals surface area contributed by atoms with Crippen LogP contribution in [0.4, 0.5) is 10.2 Å². The van der Waals surface area contributed by atoms with Gasteiger partial charge in [-0.15, -0.1) is 0 Å². The number of pyridine rings is 1. The predicted molar refractivity (Wildman–Crippen MR) is 90.6 cm³/mol. The highest BCUT2D eigenvalue weighted by atomic mass is 19.1. The molecule has 3 heterocycles. The van der Waals surface area contributed by atoms with E-state index in [1.165, 1.54) is 18.4 Å². The summed E-state index contributed by atoms with van der Waals surface area (Å²) >= 11 is 0. The smallest absolute Gasteiger partial charge is 0.259 e. The summed E-state index contributed by atoms with van der Waals surface area (Å²) in [7, 11) is 0. The van der Waals surface area contributed by atoms with Crippen LogP contribution in [0.3, 0.4) is 0 Å². The van der Waals surface area contributed by atoms with E-state index in [0.29, 0.717) is 30.5 Å². The third kappa shape index (κ3) is 3.75. The summed E-state index contributed by atoms with van der Waals surface area (Å²) in [5.74, 6) is 1.34. The van der Waals surface area contributed by atoms with Crippen LogP contribution in [0, 0.1) is 5.82 Å². The molecule has 4 rings (SSSR count). The summed E-state index contributed by atoms with van der Waals surface area (Å²) in [5.41, 5.74) is 2.41. The lowest BCUT2D eigenvalue weighted by molar-refractivity contribution is 0.412. The second-order valence-corrected chi connectivity index (χ2v) is 5.60. The highest BCUT2D eigenvalue weighted by molar-refractivity contribution is 5.54. The molecule has 8 heteroatoms. The first-order chi connectivity index (χ1) is 12.8. The Balaban J connectivity index is 1.41. The number of aromatic nitrogens is 4. The van der Waals surface area contributed by atoms with E-state index in [0.717, 1.165) is 16.8 Å². The lowest BCUT2D eigenvalue weighted by Gasteiger charge is -2.02. The standard InChI is InChI=1S/C18H14FN5O2/c19-14-4-1-12(2-5-14)9-17-22-18(26-24-17)13-3-6-16(20-10-13)21-11-15-7-8-25-23-15/h1-8,10H,9,11H2,(H,20,21). The topological polar surface area (TPSA) is 89.9 Å². The SMILES string of the molecule is Fc1ccc(Cc2noc(-c3ccc(NCc4ccon4)nc3)n2)cc1. The van der Waals surface area contributed by atoms with Crippen molar-refractivity contribution in [1.29, 1.82) is 0 Å². The van der Waals surface area contributed by atoms with E-state index in [4.69, 9.17) is 9.05 Å². The van der Waals surface area contributed by atoms with E-state index in [-0.39, 0.29) is 5.82 Å². The van der Waals surface area contributed by atoms with E-state index in [1.807, 2.05) is 12.1 Å². The van der Waals surface area contributed by atoms with Gasteiger partial charge in [-0.3, -0.25) is 0 Å². The zero-order valence-electron chi connectivity index (χ0n) is 13.6. The van der Waals surface area contributed by atoms with Crippen LogP contribution in [0.5, 0.6) is 0 Å². The van der Waals surface area contributed by atoms with Gasteiger partial charge in [-0.2, -0.15) is 4.98 Å². The van der Waals surface area contributed by atoms with Gasteiger partial charge in [0.05, 0.1) is 12.1 Å². The first kappa shape index (κ1) is 15.9. The lowest BCUT2D eigenvalue weighted by Crippen LogP contribution is -2.01. The fraction of sp³-hybridized carbons (Fsp3) is 0.111. The van der Waals surface area contributed by atoms with E-state index < -0.39 is 0 Å². The van der Waals surface area contributed by atoms with Gasteiger partial charge in [-0.05, 0) is 29.8 Å². The Morgan fingerprint density at radius 2 is 1.88 bits per heavy atom. The highest BCUT2D eigenvalue weighted by Crippen LogP contribution is 2.19. The van der Waals surface area contributed by atoms with E-state index >= 15 is 0 Å². The number of hydrogen-bond donors (Lipinski definition) is 1. The van der Waals surface area contributed by atoms with Crippen molar-refractivity contribution in [2.45, 2.75) is 13.0 Å². The molecular formula is C18H14FN5O2. The first-order valence-electron chi connectivity index (χ1n) is 7.93. The maximum Gasteiger partial charge on any atom is 0.259 e. The number of benzene rings is 1. The van der Waals surface area contributed by atoms with Crippen molar-refractivity contribution in [2.75, 3.05) is 5.32 Å². The van der Waals surface area contributed by atoms with Crippen LogP contribution in [0.1, 0.15) is 17.1 Å². The van der Waals surface area contributed by atoms with Gasteiger partial charge < -0.3 is 14.4 Å². The summed E-state index contributed by atoms with van der Waals surface area (Å²) < 4.78 is 23.0. The Bertz CT molecular complexity index is 966.